The van der Waals surface area contributed by atoms with E-state index in [4.69, 9.17) is 0 Å². The van der Waals surface area contributed by atoms with Crippen molar-refractivity contribution in [3.05, 3.63) is 71.2 Å². The fraction of sp³-hybridized carbons (Fsp3) is 0.167. The van der Waals surface area contributed by atoms with E-state index in [1.54, 1.807) is 23.1 Å². The van der Waals surface area contributed by atoms with Crippen LogP contribution in [-0.4, -0.2) is 20.7 Å². The van der Waals surface area contributed by atoms with Gasteiger partial charge in [0, 0.05) is 6.20 Å². The van der Waals surface area contributed by atoms with Crippen LogP contribution in [0.3, 0.4) is 0 Å². The molecule has 0 fully saturated rings. The predicted octanol–water partition coefficient (Wildman–Crippen LogP) is 3.44. The molecule has 0 radical (unpaired) electrons. The number of anilines is 1. The van der Waals surface area contributed by atoms with Gasteiger partial charge in [-0.15, -0.1) is 0 Å². The molecule has 0 unspecified atom stereocenters. The molecule has 23 heavy (non-hydrogen) atoms. The van der Waals surface area contributed by atoms with Crippen LogP contribution >= 0.6 is 0 Å². The minimum Gasteiger partial charge on any atom is -0.306 e. The highest BCUT2D eigenvalue weighted by Gasteiger charge is 2.16. The number of nitrogens with one attached hydrogen (secondary N) is 1. The molecule has 0 saturated heterocycles. The summed E-state index contributed by atoms with van der Waals surface area (Å²) >= 11 is 0. The maximum atomic E-state index is 12.4. The maximum Gasteiger partial charge on any atom is 0.260 e. The smallest absolute Gasteiger partial charge is 0.260 e. The Bertz CT molecular complexity index is 850. The lowest BCUT2D eigenvalue weighted by molar-refractivity contribution is 0.102. The molecule has 1 N–H and O–H groups in total. The van der Waals surface area contributed by atoms with Crippen LogP contribution in [0, 0.1) is 20.8 Å². The summed E-state index contributed by atoms with van der Waals surface area (Å²) in [4.78, 5) is 16.6. The first kappa shape index (κ1) is 15.0. The summed E-state index contributed by atoms with van der Waals surface area (Å²) < 4.78 is 1.78. The van der Waals surface area contributed by atoms with E-state index in [9.17, 15) is 4.79 Å². The average Bonchev–Trinajstić information content (AvgIpc) is 2.92. The molecule has 0 atom stereocenters. The number of nitrogens with zero attached hydrogens (tertiary/aromatic N) is 3. The zero-order valence-electron chi connectivity index (χ0n) is 13.4. The SMILES string of the molecule is Cc1ccc(NC(=O)c2cnn(-c3ccccc3C)c2C)nc1. The molecule has 0 saturated carbocycles. The Labute approximate surface area is 135 Å². The number of rotatable bonds is 3. The van der Waals surface area contributed by atoms with Crippen LogP contribution in [0.5, 0.6) is 0 Å². The molecule has 5 heteroatoms. The number of aromatic nitrogens is 3. The van der Waals surface area contributed by atoms with Crippen LogP contribution in [0.25, 0.3) is 5.69 Å². The largest absolute Gasteiger partial charge is 0.306 e. The fourth-order valence-corrected chi connectivity index (χ4v) is 2.40. The van der Waals surface area contributed by atoms with Crippen LogP contribution < -0.4 is 5.32 Å². The van der Waals surface area contributed by atoms with Crippen LogP contribution in [0.4, 0.5) is 5.82 Å². The first-order chi connectivity index (χ1) is 11.1. The zero-order valence-corrected chi connectivity index (χ0v) is 13.4. The van der Waals surface area contributed by atoms with Crippen molar-refractivity contribution in [2.24, 2.45) is 0 Å². The van der Waals surface area contributed by atoms with Crippen LogP contribution in [0.1, 0.15) is 27.2 Å². The summed E-state index contributed by atoms with van der Waals surface area (Å²) in [5.74, 6) is 0.322. The first-order valence-electron chi connectivity index (χ1n) is 7.41. The summed E-state index contributed by atoms with van der Waals surface area (Å²) in [6.45, 7) is 5.86. The topological polar surface area (TPSA) is 59.8 Å². The molecule has 0 spiro atoms. The van der Waals surface area contributed by atoms with Gasteiger partial charge in [-0.3, -0.25) is 4.79 Å². The number of carbonyl (C=O) groups is 1. The highest BCUT2D eigenvalue weighted by atomic mass is 16.1. The van der Waals surface area contributed by atoms with E-state index in [1.165, 1.54) is 0 Å². The van der Waals surface area contributed by atoms with Crippen molar-refractivity contribution >= 4 is 11.7 Å². The fourth-order valence-electron chi connectivity index (χ4n) is 2.40. The summed E-state index contributed by atoms with van der Waals surface area (Å²) in [6, 6.07) is 11.6. The van der Waals surface area contributed by atoms with Crippen LogP contribution in [0.2, 0.25) is 0 Å². The predicted molar refractivity (Wildman–Crippen MR) is 90.0 cm³/mol. The van der Waals surface area contributed by atoms with Gasteiger partial charge in [0.2, 0.25) is 0 Å². The molecule has 1 aromatic carbocycles. The van der Waals surface area contributed by atoms with Gasteiger partial charge in [-0.05, 0) is 44.0 Å². The first-order valence-corrected chi connectivity index (χ1v) is 7.41. The number of hydrogen-bond acceptors (Lipinski definition) is 3. The third kappa shape index (κ3) is 2.99. The van der Waals surface area contributed by atoms with E-state index in [2.05, 4.69) is 15.4 Å². The van der Waals surface area contributed by atoms with Crippen molar-refractivity contribution < 1.29 is 4.79 Å². The van der Waals surface area contributed by atoms with E-state index in [0.29, 0.717) is 11.4 Å². The van der Waals surface area contributed by atoms with Gasteiger partial charge in [0.15, 0.2) is 0 Å². The lowest BCUT2D eigenvalue weighted by atomic mass is 10.2. The molecule has 1 amide bonds. The van der Waals surface area contributed by atoms with Crippen molar-refractivity contribution in [2.75, 3.05) is 5.32 Å². The van der Waals surface area contributed by atoms with Gasteiger partial charge in [0.05, 0.1) is 23.1 Å². The zero-order chi connectivity index (χ0) is 16.4. The molecule has 3 rings (SSSR count). The molecule has 0 aliphatic rings. The molecule has 0 aliphatic heterocycles. The van der Waals surface area contributed by atoms with Gasteiger partial charge in [0.25, 0.3) is 5.91 Å². The quantitative estimate of drug-likeness (QED) is 0.806. The van der Waals surface area contributed by atoms with Gasteiger partial charge in [0.1, 0.15) is 5.82 Å². The number of hydrogen-bond donors (Lipinski definition) is 1. The number of aryl methyl sites for hydroxylation is 2. The van der Waals surface area contributed by atoms with Gasteiger partial charge in [-0.2, -0.15) is 5.10 Å². The second kappa shape index (κ2) is 6.04. The highest BCUT2D eigenvalue weighted by molar-refractivity contribution is 6.04. The second-order valence-electron chi connectivity index (χ2n) is 5.52. The minimum absolute atomic E-state index is 0.210. The second-order valence-corrected chi connectivity index (χ2v) is 5.52. The number of benzene rings is 1. The van der Waals surface area contributed by atoms with E-state index in [0.717, 1.165) is 22.5 Å². The molecule has 2 heterocycles. The summed E-state index contributed by atoms with van der Waals surface area (Å²) in [5.41, 5.74) is 4.45. The normalized spacial score (nSPS) is 10.6. The Morgan fingerprint density at radius 2 is 1.83 bits per heavy atom. The van der Waals surface area contributed by atoms with Crippen LogP contribution in [-0.2, 0) is 0 Å². The third-order valence-electron chi connectivity index (χ3n) is 3.75. The Kier molecular flexibility index (Phi) is 3.93. The van der Waals surface area contributed by atoms with Crippen molar-refractivity contribution in [1.29, 1.82) is 0 Å². The Morgan fingerprint density at radius 1 is 1.04 bits per heavy atom. The van der Waals surface area contributed by atoms with E-state index in [-0.39, 0.29) is 5.91 Å². The van der Waals surface area contributed by atoms with Crippen LogP contribution in [0.15, 0.2) is 48.8 Å². The molecular weight excluding hydrogens is 288 g/mol. The number of pyridine rings is 1. The molecule has 3 aromatic rings. The maximum absolute atomic E-state index is 12.4. The number of carbonyl (C=O) groups excluding carboxylic acids is 1. The van der Waals surface area contributed by atoms with E-state index < -0.39 is 0 Å². The number of amides is 1. The van der Waals surface area contributed by atoms with Crippen molar-refractivity contribution in [3.8, 4) is 5.69 Å². The molecule has 0 aliphatic carbocycles. The average molecular weight is 306 g/mol. The molecule has 0 bridgehead atoms. The summed E-state index contributed by atoms with van der Waals surface area (Å²) in [5, 5.41) is 7.16. The summed E-state index contributed by atoms with van der Waals surface area (Å²) in [7, 11) is 0. The van der Waals surface area contributed by atoms with E-state index in [1.807, 2.05) is 51.1 Å². The van der Waals surface area contributed by atoms with Gasteiger partial charge in [-0.25, -0.2) is 9.67 Å². The van der Waals surface area contributed by atoms with Gasteiger partial charge >= 0.3 is 0 Å². The standard InChI is InChI=1S/C18H18N4O/c1-12-8-9-17(19-10-12)21-18(23)15-11-20-22(14(15)3)16-7-5-4-6-13(16)2/h4-11H,1-3H3,(H,19,21,23). The van der Waals surface area contributed by atoms with Crippen molar-refractivity contribution in [2.45, 2.75) is 20.8 Å². The Balaban J connectivity index is 1.88. The lowest BCUT2D eigenvalue weighted by Gasteiger charge is -2.08. The monoisotopic (exact) mass is 306 g/mol. The Hall–Kier alpha value is -2.95. The molecule has 116 valence electrons. The molecular formula is C18H18N4O. The molecule has 5 nitrogen and oxygen atoms in total. The van der Waals surface area contributed by atoms with Crippen molar-refractivity contribution in [1.82, 2.24) is 14.8 Å². The van der Waals surface area contributed by atoms with Gasteiger partial charge in [-0.1, -0.05) is 24.3 Å². The highest BCUT2D eigenvalue weighted by Crippen LogP contribution is 2.18. The number of para-hydroxylation sites is 1. The lowest BCUT2D eigenvalue weighted by Crippen LogP contribution is -2.14. The molecule has 2 aromatic heterocycles. The Morgan fingerprint density at radius 3 is 2.52 bits per heavy atom. The van der Waals surface area contributed by atoms with E-state index >= 15 is 0 Å². The van der Waals surface area contributed by atoms with Gasteiger partial charge < -0.3 is 5.32 Å². The third-order valence-corrected chi connectivity index (χ3v) is 3.75. The minimum atomic E-state index is -0.210. The summed E-state index contributed by atoms with van der Waals surface area (Å²) in [6.07, 6.45) is 3.31. The van der Waals surface area contributed by atoms with Crippen molar-refractivity contribution in [3.63, 3.8) is 0 Å².